The highest BCUT2D eigenvalue weighted by Crippen LogP contribution is 2.24. The molecule has 0 saturated carbocycles. The molecule has 21 heavy (non-hydrogen) atoms. The summed E-state index contributed by atoms with van der Waals surface area (Å²) in [7, 11) is 0. The van der Waals surface area contributed by atoms with Crippen LogP contribution in [0.4, 0.5) is 0 Å². The predicted molar refractivity (Wildman–Crippen MR) is 85.3 cm³/mol. The molecule has 0 aliphatic heterocycles. The Hall–Kier alpha value is -2.77. The monoisotopic (exact) mass is 289 g/mol. The van der Waals surface area contributed by atoms with Gasteiger partial charge in [-0.1, -0.05) is 36.4 Å². The molecule has 0 aliphatic carbocycles. The van der Waals surface area contributed by atoms with E-state index in [4.69, 9.17) is 0 Å². The second-order valence-electron chi connectivity index (χ2n) is 4.32. The van der Waals surface area contributed by atoms with Gasteiger partial charge in [-0.3, -0.25) is 4.98 Å². The van der Waals surface area contributed by atoms with Crippen LogP contribution in [0.2, 0.25) is 0 Å². The van der Waals surface area contributed by atoms with Gasteiger partial charge in [-0.15, -0.1) is 11.3 Å². The van der Waals surface area contributed by atoms with Gasteiger partial charge in [-0.2, -0.15) is 5.26 Å². The van der Waals surface area contributed by atoms with Crippen LogP contribution >= 0.6 is 11.3 Å². The van der Waals surface area contributed by atoms with Gasteiger partial charge in [0, 0.05) is 17.1 Å². The zero-order valence-electron chi connectivity index (χ0n) is 11.1. The van der Waals surface area contributed by atoms with E-state index in [0.717, 1.165) is 16.3 Å². The largest absolute Gasteiger partial charge is 0.256 e. The SMILES string of the molecule is N#CC(=Cc1nc(-c2ccccc2)cs1)c1ccccn1. The molecule has 3 nitrogen and oxygen atoms in total. The van der Waals surface area contributed by atoms with E-state index in [1.807, 2.05) is 53.9 Å². The molecule has 3 aromatic rings. The first-order valence-electron chi connectivity index (χ1n) is 6.41. The summed E-state index contributed by atoms with van der Waals surface area (Å²) in [6.45, 7) is 0. The molecule has 4 heteroatoms. The predicted octanol–water partition coefficient (Wildman–Crippen LogP) is 4.27. The van der Waals surface area contributed by atoms with Crippen molar-refractivity contribution in [2.75, 3.05) is 0 Å². The molecule has 1 aromatic carbocycles. The van der Waals surface area contributed by atoms with E-state index in [9.17, 15) is 5.26 Å². The van der Waals surface area contributed by atoms with Crippen LogP contribution < -0.4 is 0 Å². The summed E-state index contributed by atoms with van der Waals surface area (Å²) in [5.41, 5.74) is 3.18. The van der Waals surface area contributed by atoms with Gasteiger partial charge in [0.1, 0.15) is 11.1 Å². The topological polar surface area (TPSA) is 49.6 Å². The molecule has 0 radical (unpaired) electrons. The van der Waals surface area contributed by atoms with Crippen molar-refractivity contribution in [2.45, 2.75) is 0 Å². The molecular formula is C17H11N3S. The first-order chi connectivity index (χ1) is 10.4. The smallest absolute Gasteiger partial charge is 0.118 e. The van der Waals surface area contributed by atoms with Gasteiger partial charge in [0.05, 0.1) is 17.0 Å². The number of pyridine rings is 1. The molecule has 0 N–H and O–H groups in total. The van der Waals surface area contributed by atoms with Crippen LogP contribution in [-0.2, 0) is 0 Å². The van der Waals surface area contributed by atoms with Crippen LogP contribution in [0.15, 0.2) is 60.1 Å². The maximum Gasteiger partial charge on any atom is 0.118 e. The summed E-state index contributed by atoms with van der Waals surface area (Å²) in [4.78, 5) is 8.75. The third kappa shape index (κ3) is 3.04. The Balaban J connectivity index is 1.93. The molecule has 0 atom stereocenters. The Morgan fingerprint density at radius 3 is 2.62 bits per heavy atom. The van der Waals surface area contributed by atoms with Crippen LogP contribution in [0, 0.1) is 11.3 Å². The average molecular weight is 289 g/mol. The minimum absolute atomic E-state index is 0.518. The molecule has 2 aromatic heterocycles. The normalized spacial score (nSPS) is 11.1. The summed E-state index contributed by atoms with van der Waals surface area (Å²) < 4.78 is 0. The lowest BCUT2D eigenvalue weighted by Gasteiger charge is -1.96. The van der Waals surface area contributed by atoms with E-state index in [2.05, 4.69) is 16.0 Å². The third-order valence-electron chi connectivity index (χ3n) is 2.92. The van der Waals surface area contributed by atoms with E-state index >= 15 is 0 Å². The number of benzene rings is 1. The summed E-state index contributed by atoms with van der Waals surface area (Å²) >= 11 is 1.52. The lowest BCUT2D eigenvalue weighted by atomic mass is 10.2. The van der Waals surface area contributed by atoms with Crippen molar-refractivity contribution < 1.29 is 0 Å². The summed E-state index contributed by atoms with van der Waals surface area (Å²) in [5.74, 6) is 0. The Morgan fingerprint density at radius 1 is 1.10 bits per heavy atom. The highest BCUT2D eigenvalue weighted by Gasteiger charge is 2.06. The lowest BCUT2D eigenvalue weighted by Crippen LogP contribution is -1.85. The average Bonchev–Trinajstić information content (AvgIpc) is 3.03. The minimum atomic E-state index is 0.518. The molecule has 100 valence electrons. The van der Waals surface area contributed by atoms with Crippen molar-refractivity contribution >= 4 is 23.0 Å². The maximum atomic E-state index is 9.28. The van der Waals surface area contributed by atoms with Crippen LogP contribution in [0.5, 0.6) is 0 Å². The Kier molecular flexibility index (Phi) is 3.85. The molecule has 0 bridgehead atoms. The molecule has 0 fully saturated rings. The second-order valence-corrected chi connectivity index (χ2v) is 5.21. The minimum Gasteiger partial charge on any atom is -0.256 e. The molecule has 0 spiro atoms. The molecule has 0 unspecified atom stereocenters. The highest BCUT2D eigenvalue weighted by molar-refractivity contribution is 7.10. The zero-order chi connectivity index (χ0) is 14.5. The van der Waals surface area contributed by atoms with Crippen molar-refractivity contribution in [1.29, 1.82) is 5.26 Å². The number of nitriles is 1. The second kappa shape index (κ2) is 6.12. The van der Waals surface area contributed by atoms with Gasteiger partial charge >= 0.3 is 0 Å². The summed E-state index contributed by atoms with van der Waals surface area (Å²) in [6, 6.07) is 17.7. The van der Waals surface area contributed by atoms with Crippen LogP contribution in [-0.4, -0.2) is 9.97 Å². The quantitative estimate of drug-likeness (QED) is 0.676. The number of allylic oxidation sites excluding steroid dienone is 1. The fraction of sp³-hybridized carbons (Fsp3) is 0. The van der Waals surface area contributed by atoms with Crippen LogP contribution in [0.25, 0.3) is 22.9 Å². The standard InChI is InChI=1S/C17H11N3S/c18-11-14(15-8-4-5-9-19-15)10-17-20-16(12-21-17)13-6-2-1-3-7-13/h1-10,12H. The Labute approximate surface area is 126 Å². The van der Waals surface area contributed by atoms with Gasteiger partial charge in [0.15, 0.2) is 0 Å². The van der Waals surface area contributed by atoms with Gasteiger partial charge < -0.3 is 0 Å². The van der Waals surface area contributed by atoms with Crippen LogP contribution in [0.1, 0.15) is 10.7 Å². The summed E-state index contributed by atoms with van der Waals surface area (Å²) in [5, 5.41) is 12.1. The van der Waals surface area contributed by atoms with Gasteiger partial charge in [-0.25, -0.2) is 4.98 Å². The van der Waals surface area contributed by atoms with E-state index in [-0.39, 0.29) is 0 Å². The van der Waals surface area contributed by atoms with Crippen molar-refractivity contribution in [3.05, 3.63) is 70.8 Å². The maximum absolute atomic E-state index is 9.28. The Bertz CT molecular complexity index is 799. The van der Waals surface area contributed by atoms with Crippen LogP contribution in [0.3, 0.4) is 0 Å². The van der Waals surface area contributed by atoms with Crippen molar-refractivity contribution in [3.8, 4) is 17.3 Å². The molecule has 0 amide bonds. The van der Waals surface area contributed by atoms with E-state index in [1.165, 1.54) is 11.3 Å². The van der Waals surface area contributed by atoms with Gasteiger partial charge in [-0.05, 0) is 18.2 Å². The lowest BCUT2D eigenvalue weighted by molar-refractivity contribution is 1.28. The van der Waals surface area contributed by atoms with E-state index in [0.29, 0.717) is 11.3 Å². The van der Waals surface area contributed by atoms with E-state index < -0.39 is 0 Å². The number of thiazole rings is 1. The van der Waals surface area contributed by atoms with Crippen molar-refractivity contribution in [2.24, 2.45) is 0 Å². The number of nitrogens with zero attached hydrogens (tertiary/aromatic N) is 3. The van der Waals surface area contributed by atoms with Gasteiger partial charge in [0.25, 0.3) is 0 Å². The van der Waals surface area contributed by atoms with Gasteiger partial charge in [0.2, 0.25) is 0 Å². The highest BCUT2D eigenvalue weighted by atomic mass is 32.1. The Morgan fingerprint density at radius 2 is 1.90 bits per heavy atom. The van der Waals surface area contributed by atoms with Crippen molar-refractivity contribution in [1.82, 2.24) is 9.97 Å². The number of aromatic nitrogens is 2. The number of hydrogen-bond acceptors (Lipinski definition) is 4. The molecule has 2 heterocycles. The van der Waals surface area contributed by atoms with Crippen molar-refractivity contribution in [3.63, 3.8) is 0 Å². The first-order valence-corrected chi connectivity index (χ1v) is 7.29. The molecular weight excluding hydrogens is 278 g/mol. The summed E-state index contributed by atoms with van der Waals surface area (Å²) in [6.07, 6.45) is 3.46. The number of hydrogen-bond donors (Lipinski definition) is 0. The fourth-order valence-corrected chi connectivity index (χ4v) is 2.66. The van der Waals surface area contributed by atoms with E-state index in [1.54, 1.807) is 12.3 Å². The molecule has 0 aliphatic rings. The zero-order valence-corrected chi connectivity index (χ0v) is 11.9. The fourth-order valence-electron chi connectivity index (χ4n) is 1.90. The number of rotatable bonds is 3. The molecule has 0 saturated heterocycles. The molecule has 3 rings (SSSR count). The third-order valence-corrected chi connectivity index (χ3v) is 3.71. The first kappa shape index (κ1) is 13.2.